The summed E-state index contributed by atoms with van der Waals surface area (Å²) in [5.74, 6) is 0.361. The van der Waals surface area contributed by atoms with Crippen LogP contribution in [0.15, 0.2) is 59.7 Å². The quantitative estimate of drug-likeness (QED) is 0.404. The minimum atomic E-state index is -3.95. The molecule has 1 aromatic carbocycles. The lowest BCUT2D eigenvalue weighted by Crippen LogP contribution is -2.22. The number of hydrogen-bond acceptors (Lipinski definition) is 7. The lowest BCUT2D eigenvalue weighted by atomic mass is 10.1. The number of carbonyl (C=O) groups excluding carboxylic acids is 1. The van der Waals surface area contributed by atoms with E-state index in [1.54, 1.807) is 6.07 Å². The van der Waals surface area contributed by atoms with Gasteiger partial charge in [0, 0.05) is 41.2 Å². The molecule has 33 heavy (non-hydrogen) atoms. The van der Waals surface area contributed by atoms with Gasteiger partial charge >= 0.3 is 10.3 Å². The van der Waals surface area contributed by atoms with Crippen LogP contribution in [0.4, 0.5) is 5.82 Å². The van der Waals surface area contributed by atoms with Crippen molar-refractivity contribution in [3.05, 3.63) is 76.4 Å². The first kappa shape index (κ1) is 23.6. The highest BCUT2D eigenvalue weighted by Crippen LogP contribution is 2.29. The Morgan fingerprint density at radius 2 is 2.15 bits per heavy atom. The highest BCUT2D eigenvalue weighted by atomic mass is 79.9. The van der Waals surface area contributed by atoms with Crippen LogP contribution in [0.2, 0.25) is 0 Å². The molecule has 174 valence electrons. The normalized spacial score (nSPS) is 18.4. The summed E-state index contributed by atoms with van der Waals surface area (Å²) in [5.41, 5.74) is 2.06. The number of benzene rings is 1. The van der Waals surface area contributed by atoms with Crippen LogP contribution in [0.1, 0.15) is 40.7 Å². The summed E-state index contributed by atoms with van der Waals surface area (Å²) in [7, 11) is -3.95. The molecule has 2 aromatic heterocycles. The van der Waals surface area contributed by atoms with Gasteiger partial charge in [0.15, 0.2) is 5.78 Å². The molecule has 11 heteroatoms. The highest BCUT2D eigenvalue weighted by molar-refractivity contribution is 9.10. The van der Waals surface area contributed by atoms with E-state index < -0.39 is 10.3 Å². The standard InChI is InChI=1S/C22H24BrN5O4S/c23-18-3-1-2-15(8-18)11-28-7-6-17(12-28)21(29)20-10-25-14-26-22(20)27-19-5-4-16(9-19)13-32-33(24,30)31/h1-3,6-8,10,12,14,16,19H,4-5,9,11,13H2,(H2,24,30,31)(H,25,26,27)/t16-,19+/m1/s1. The first-order chi connectivity index (χ1) is 15.8. The molecule has 1 aliphatic carbocycles. The first-order valence-corrected chi connectivity index (χ1v) is 12.7. The molecule has 4 rings (SSSR count). The molecule has 0 spiro atoms. The van der Waals surface area contributed by atoms with Gasteiger partial charge < -0.3 is 9.88 Å². The molecule has 0 bridgehead atoms. The topological polar surface area (TPSA) is 129 Å². The van der Waals surface area contributed by atoms with Gasteiger partial charge in [-0.1, -0.05) is 28.1 Å². The third-order valence-corrected chi connectivity index (χ3v) is 6.53. The second-order valence-electron chi connectivity index (χ2n) is 8.11. The van der Waals surface area contributed by atoms with Crippen LogP contribution in [-0.2, 0) is 21.0 Å². The van der Waals surface area contributed by atoms with Crippen LogP contribution in [0.3, 0.4) is 0 Å². The minimum Gasteiger partial charge on any atom is -0.367 e. The lowest BCUT2D eigenvalue weighted by molar-refractivity contribution is 0.103. The van der Waals surface area contributed by atoms with Crippen molar-refractivity contribution in [2.75, 3.05) is 11.9 Å². The van der Waals surface area contributed by atoms with E-state index in [9.17, 15) is 13.2 Å². The Hall–Kier alpha value is -2.60. The molecule has 1 fully saturated rings. The zero-order chi connectivity index (χ0) is 23.4. The van der Waals surface area contributed by atoms with E-state index in [1.165, 1.54) is 12.5 Å². The summed E-state index contributed by atoms with van der Waals surface area (Å²) in [5, 5.41) is 8.23. The summed E-state index contributed by atoms with van der Waals surface area (Å²) in [6, 6.07) is 9.84. The van der Waals surface area contributed by atoms with E-state index in [1.807, 2.05) is 41.2 Å². The van der Waals surface area contributed by atoms with E-state index in [0.717, 1.165) is 22.9 Å². The maximum Gasteiger partial charge on any atom is 0.333 e. The molecular formula is C22H24BrN5O4S. The summed E-state index contributed by atoms with van der Waals surface area (Å²) >= 11 is 3.48. The number of carbonyl (C=O) groups is 1. The Morgan fingerprint density at radius 1 is 1.30 bits per heavy atom. The van der Waals surface area contributed by atoms with Crippen LogP contribution in [0.25, 0.3) is 0 Å². The monoisotopic (exact) mass is 533 g/mol. The number of rotatable bonds is 9. The number of aromatic nitrogens is 3. The third kappa shape index (κ3) is 6.47. The van der Waals surface area contributed by atoms with Gasteiger partial charge in [-0.25, -0.2) is 15.1 Å². The number of nitrogens with one attached hydrogen (secondary N) is 1. The van der Waals surface area contributed by atoms with Gasteiger partial charge in [0.05, 0.1) is 12.2 Å². The van der Waals surface area contributed by atoms with E-state index in [-0.39, 0.29) is 24.3 Å². The third-order valence-electron chi connectivity index (χ3n) is 5.57. The summed E-state index contributed by atoms with van der Waals surface area (Å²) in [6.45, 7) is 0.700. The van der Waals surface area contributed by atoms with Crippen molar-refractivity contribution in [2.45, 2.75) is 31.8 Å². The Labute approximate surface area is 200 Å². The van der Waals surface area contributed by atoms with Crippen LogP contribution >= 0.6 is 15.9 Å². The van der Waals surface area contributed by atoms with Crippen molar-refractivity contribution in [2.24, 2.45) is 11.1 Å². The molecule has 3 N–H and O–H groups in total. The maximum atomic E-state index is 13.2. The van der Waals surface area contributed by atoms with Crippen molar-refractivity contribution in [3.63, 3.8) is 0 Å². The molecule has 0 unspecified atom stereocenters. The Kier molecular flexibility index (Phi) is 7.23. The molecule has 0 amide bonds. The van der Waals surface area contributed by atoms with Crippen molar-refractivity contribution in [1.29, 1.82) is 0 Å². The Bertz CT molecular complexity index is 1250. The molecule has 2 atom stereocenters. The van der Waals surface area contributed by atoms with Crippen LogP contribution in [0, 0.1) is 5.92 Å². The van der Waals surface area contributed by atoms with Crippen molar-refractivity contribution in [3.8, 4) is 0 Å². The molecule has 0 saturated heterocycles. The van der Waals surface area contributed by atoms with Gasteiger partial charge in [-0.15, -0.1) is 0 Å². The van der Waals surface area contributed by atoms with Gasteiger partial charge in [0.2, 0.25) is 0 Å². The minimum absolute atomic E-state index is 0.0432. The molecule has 3 aromatic rings. The molecule has 1 aliphatic rings. The summed E-state index contributed by atoms with van der Waals surface area (Å²) < 4.78 is 29.7. The predicted octanol–water partition coefficient (Wildman–Crippen LogP) is 3.12. The number of halogens is 1. The number of nitrogens with zero attached hydrogens (tertiary/aromatic N) is 3. The van der Waals surface area contributed by atoms with Crippen LogP contribution in [-0.4, -0.2) is 41.4 Å². The van der Waals surface area contributed by atoms with Crippen molar-refractivity contribution in [1.82, 2.24) is 14.5 Å². The molecule has 9 nitrogen and oxygen atoms in total. The fraction of sp³-hybridized carbons (Fsp3) is 0.318. The van der Waals surface area contributed by atoms with Crippen molar-refractivity contribution < 1.29 is 17.4 Å². The zero-order valence-electron chi connectivity index (χ0n) is 17.7. The zero-order valence-corrected chi connectivity index (χ0v) is 20.1. The van der Waals surface area contributed by atoms with E-state index in [0.29, 0.717) is 29.9 Å². The number of ketones is 1. The number of nitrogens with two attached hydrogens (primary N) is 1. The Balaban J connectivity index is 1.42. The van der Waals surface area contributed by atoms with E-state index in [4.69, 9.17) is 9.32 Å². The molecule has 0 radical (unpaired) electrons. The van der Waals surface area contributed by atoms with Gasteiger partial charge in [-0.05, 0) is 48.9 Å². The lowest BCUT2D eigenvalue weighted by Gasteiger charge is -2.16. The fourth-order valence-corrected chi connectivity index (χ4v) is 4.86. The largest absolute Gasteiger partial charge is 0.367 e. The van der Waals surface area contributed by atoms with Gasteiger partial charge in [0.25, 0.3) is 0 Å². The Morgan fingerprint density at radius 3 is 2.94 bits per heavy atom. The fourth-order valence-electron chi connectivity index (χ4n) is 4.03. The van der Waals surface area contributed by atoms with Gasteiger partial charge in [-0.3, -0.25) is 8.98 Å². The highest BCUT2D eigenvalue weighted by Gasteiger charge is 2.27. The predicted molar refractivity (Wildman–Crippen MR) is 127 cm³/mol. The average molecular weight is 534 g/mol. The van der Waals surface area contributed by atoms with Crippen LogP contribution in [0.5, 0.6) is 0 Å². The molecular weight excluding hydrogens is 510 g/mol. The smallest absolute Gasteiger partial charge is 0.333 e. The van der Waals surface area contributed by atoms with E-state index in [2.05, 4.69) is 31.2 Å². The second kappa shape index (κ2) is 10.1. The van der Waals surface area contributed by atoms with Crippen molar-refractivity contribution >= 4 is 37.8 Å². The first-order valence-electron chi connectivity index (χ1n) is 10.5. The number of anilines is 1. The average Bonchev–Trinajstić information content (AvgIpc) is 3.41. The maximum absolute atomic E-state index is 13.2. The van der Waals surface area contributed by atoms with E-state index >= 15 is 0 Å². The van der Waals surface area contributed by atoms with Crippen LogP contribution < -0.4 is 10.5 Å². The SMILES string of the molecule is NS(=O)(=O)OC[C@@H]1CC[C@H](Nc2ncncc2C(=O)c2ccn(Cc3cccc(Br)c3)c2)C1. The summed E-state index contributed by atoms with van der Waals surface area (Å²) in [6.07, 6.45) is 8.89. The molecule has 2 heterocycles. The number of hydrogen-bond donors (Lipinski definition) is 2. The molecule has 0 aliphatic heterocycles. The molecule has 1 saturated carbocycles. The van der Waals surface area contributed by atoms with Gasteiger partial charge in [-0.2, -0.15) is 8.42 Å². The second-order valence-corrected chi connectivity index (χ2v) is 10.3. The summed E-state index contributed by atoms with van der Waals surface area (Å²) in [4.78, 5) is 21.5. The van der Waals surface area contributed by atoms with Gasteiger partial charge in [0.1, 0.15) is 12.1 Å².